The van der Waals surface area contributed by atoms with Gasteiger partial charge in [0.15, 0.2) is 0 Å². The van der Waals surface area contributed by atoms with Crippen LogP contribution >= 0.6 is 0 Å². The molecule has 2 aromatic carbocycles. The van der Waals surface area contributed by atoms with Crippen LogP contribution in [0.5, 0.6) is 5.75 Å². The Hall–Kier alpha value is -3.32. The molecule has 0 saturated carbocycles. The standard InChI is InChI=1S/C20H21N3O4/c1-27-17-7-5-16(6-8-17)21-10-2-11-23-12-9-14-3-4-15(19(24)22-26)13-18(14)20(23)25/h3-9,12-13,21,26H,2,10-11H2,1H3,(H,22,24). The highest BCUT2D eigenvalue weighted by Gasteiger charge is 2.08. The molecule has 0 saturated heterocycles. The molecule has 0 aliphatic rings. The lowest BCUT2D eigenvalue weighted by atomic mass is 10.1. The fourth-order valence-corrected chi connectivity index (χ4v) is 2.85. The zero-order valence-electron chi connectivity index (χ0n) is 14.9. The predicted octanol–water partition coefficient (Wildman–Crippen LogP) is 2.63. The third-order valence-electron chi connectivity index (χ3n) is 4.34. The van der Waals surface area contributed by atoms with Crippen molar-refractivity contribution in [3.63, 3.8) is 0 Å². The van der Waals surface area contributed by atoms with Gasteiger partial charge in [-0.2, -0.15) is 0 Å². The van der Waals surface area contributed by atoms with Gasteiger partial charge in [0.1, 0.15) is 5.75 Å². The largest absolute Gasteiger partial charge is 0.497 e. The summed E-state index contributed by atoms with van der Waals surface area (Å²) in [6, 6.07) is 14.2. The smallest absolute Gasteiger partial charge is 0.274 e. The van der Waals surface area contributed by atoms with Gasteiger partial charge < -0.3 is 14.6 Å². The van der Waals surface area contributed by atoms with E-state index >= 15 is 0 Å². The number of amides is 1. The van der Waals surface area contributed by atoms with Gasteiger partial charge in [0, 0.05) is 35.9 Å². The fourth-order valence-electron chi connectivity index (χ4n) is 2.85. The molecule has 7 heteroatoms. The zero-order chi connectivity index (χ0) is 19.2. The molecule has 1 aromatic heterocycles. The van der Waals surface area contributed by atoms with Crippen LogP contribution in [0.25, 0.3) is 10.8 Å². The predicted molar refractivity (Wildman–Crippen MR) is 104 cm³/mol. The second-order valence-corrected chi connectivity index (χ2v) is 6.07. The number of anilines is 1. The normalized spacial score (nSPS) is 10.6. The van der Waals surface area contributed by atoms with Gasteiger partial charge >= 0.3 is 0 Å². The number of ether oxygens (including phenoxy) is 1. The lowest BCUT2D eigenvalue weighted by Crippen LogP contribution is -2.22. The average Bonchev–Trinajstić information content (AvgIpc) is 2.72. The lowest BCUT2D eigenvalue weighted by molar-refractivity contribution is 0.0706. The molecule has 1 amide bonds. The molecule has 0 aliphatic heterocycles. The van der Waals surface area contributed by atoms with Crippen molar-refractivity contribution in [2.75, 3.05) is 19.0 Å². The van der Waals surface area contributed by atoms with Crippen molar-refractivity contribution in [3.8, 4) is 5.75 Å². The lowest BCUT2D eigenvalue weighted by Gasteiger charge is -2.10. The summed E-state index contributed by atoms with van der Waals surface area (Å²) in [7, 11) is 1.63. The summed E-state index contributed by atoms with van der Waals surface area (Å²) < 4.78 is 6.75. The molecule has 0 unspecified atom stereocenters. The summed E-state index contributed by atoms with van der Waals surface area (Å²) in [6.07, 6.45) is 2.51. The Bertz CT molecular complexity index is 996. The fraction of sp³-hybridized carbons (Fsp3) is 0.200. The minimum Gasteiger partial charge on any atom is -0.497 e. The van der Waals surface area contributed by atoms with Gasteiger partial charge in [-0.1, -0.05) is 6.07 Å². The molecule has 3 N–H and O–H groups in total. The first-order valence-corrected chi connectivity index (χ1v) is 8.58. The van der Waals surface area contributed by atoms with Gasteiger partial charge in [0.25, 0.3) is 11.5 Å². The number of aryl methyl sites for hydroxylation is 1. The van der Waals surface area contributed by atoms with E-state index in [1.165, 1.54) is 6.07 Å². The third-order valence-corrected chi connectivity index (χ3v) is 4.34. The van der Waals surface area contributed by atoms with E-state index in [0.717, 1.165) is 23.2 Å². The van der Waals surface area contributed by atoms with E-state index in [1.807, 2.05) is 30.3 Å². The van der Waals surface area contributed by atoms with Crippen LogP contribution in [-0.4, -0.2) is 29.3 Å². The quantitative estimate of drug-likeness (QED) is 0.339. The first-order chi connectivity index (χ1) is 13.1. The minimum absolute atomic E-state index is 0.162. The number of benzene rings is 2. The highest BCUT2D eigenvalue weighted by molar-refractivity contribution is 5.97. The summed E-state index contributed by atoms with van der Waals surface area (Å²) in [6.45, 7) is 1.26. The van der Waals surface area contributed by atoms with Crippen LogP contribution in [0.15, 0.2) is 59.5 Å². The van der Waals surface area contributed by atoms with Gasteiger partial charge in [-0.3, -0.25) is 14.8 Å². The van der Waals surface area contributed by atoms with Crippen molar-refractivity contribution in [1.82, 2.24) is 10.0 Å². The van der Waals surface area contributed by atoms with E-state index in [1.54, 1.807) is 35.5 Å². The number of nitrogens with zero attached hydrogens (tertiary/aromatic N) is 1. The van der Waals surface area contributed by atoms with Crippen LogP contribution < -0.4 is 21.1 Å². The molecule has 7 nitrogen and oxygen atoms in total. The minimum atomic E-state index is -0.643. The van der Waals surface area contributed by atoms with Crippen molar-refractivity contribution in [3.05, 3.63) is 70.6 Å². The Labute approximate surface area is 156 Å². The Morgan fingerprint density at radius 2 is 1.93 bits per heavy atom. The highest BCUT2D eigenvalue weighted by Crippen LogP contribution is 2.15. The molecule has 3 aromatic rings. The van der Waals surface area contributed by atoms with E-state index in [2.05, 4.69) is 5.32 Å². The van der Waals surface area contributed by atoms with Crippen molar-refractivity contribution in [1.29, 1.82) is 0 Å². The van der Waals surface area contributed by atoms with Gasteiger partial charge in [-0.05, 0) is 54.3 Å². The maximum Gasteiger partial charge on any atom is 0.274 e. The number of hydrogen-bond acceptors (Lipinski definition) is 5. The van der Waals surface area contributed by atoms with Crippen LogP contribution in [0.1, 0.15) is 16.8 Å². The van der Waals surface area contributed by atoms with Gasteiger partial charge in [-0.15, -0.1) is 0 Å². The van der Waals surface area contributed by atoms with E-state index < -0.39 is 5.91 Å². The summed E-state index contributed by atoms with van der Waals surface area (Å²) in [5, 5.41) is 13.3. The van der Waals surface area contributed by atoms with Gasteiger partial charge in [0.05, 0.1) is 7.11 Å². The van der Waals surface area contributed by atoms with Crippen molar-refractivity contribution >= 4 is 22.4 Å². The Morgan fingerprint density at radius 3 is 2.63 bits per heavy atom. The van der Waals surface area contributed by atoms with Crippen LogP contribution in [-0.2, 0) is 6.54 Å². The summed E-state index contributed by atoms with van der Waals surface area (Å²) >= 11 is 0. The number of nitrogens with one attached hydrogen (secondary N) is 2. The van der Waals surface area contributed by atoms with Gasteiger partial charge in [-0.25, -0.2) is 5.48 Å². The molecule has 27 heavy (non-hydrogen) atoms. The monoisotopic (exact) mass is 367 g/mol. The Kier molecular flexibility index (Phi) is 5.73. The third kappa shape index (κ3) is 4.27. The van der Waals surface area contributed by atoms with E-state index in [4.69, 9.17) is 9.94 Å². The molecule has 140 valence electrons. The van der Waals surface area contributed by atoms with Crippen LogP contribution in [0, 0.1) is 0 Å². The topological polar surface area (TPSA) is 92.6 Å². The van der Waals surface area contributed by atoms with Crippen molar-refractivity contribution < 1.29 is 14.7 Å². The van der Waals surface area contributed by atoms with Crippen molar-refractivity contribution in [2.24, 2.45) is 0 Å². The molecular weight excluding hydrogens is 346 g/mol. The first-order valence-electron chi connectivity index (χ1n) is 8.58. The molecule has 3 rings (SSSR count). The maximum atomic E-state index is 12.7. The second kappa shape index (κ2) is 8.37. The number of methoxy groups -OCH3 is 1. The molecular formula is C20H21N3O4. The molecule has 0 atom stereocenters. The van der Waals surface area contributed by atoms with E-state index in [0.29, 0.717) is 18.5 Å². The molecule has 0 radical (unpaired) electrons. The zero-order valence-corrected chi connectivity index (χ0v) is 14.9. The molecule has 0 aliphatic carbocycles. The Morgan fingerprint density at radius 1 is 1.15 bits per heavy atom. The number of hydroxylamine groups is 1. The maximum absolute atomic E-state index is 12.7. The summed E-state index contributed by atoms with van der Waals surface area (Å²) in [5.41, 5.74) is 2.64. The number of pyridine rings is 1. The average molecular weight is 367 g/mol. The Balaban J connectivity index is 1.66. The summed E-state index contributed by atoms with van der Waals surface area (Å²) in [4.78, 5) is 24.2. The van der Waals surface area contributed by atoms with E-state index in [9.17, 15) is 9.59 Å². The second-order valence-electron chi connectivity index (χ2n) is 6.07. The number of hydrogen-bond donors (Lipinski definition) is 3. The SMILES string of the molecule is COc1ccc(NCCCn2ccc3ccc(C(=O)NO)cc3c2=O)cc1. The van der Waals surface area contributed by atoms with Crippen LogP contribution in [0.2, 0.25) is 0 Å². The number of rotatable bonds is 7. The van der Waals surface area contributed by atoms with Crippen LogP contribution in [0.3, 0.4) is 0 Å². The number of fused-ring (bicyclic) bond motifs is 1. The molecule has 0 bridgehead atoms. The van der Waals surface area contributed by atoms with Gasteiger partial charge in [0.2, 0.25) is 0 Å². The number of carbonyl (C=O) groups is 1. The van der Waals surface area contributed by atoms with Crippen LogP contribution in [0.4, 0.5) is 5.69 Å². The molecule has 0 spiro atoms. The van der Waals surface area contributed by atoms with E-state index in [-0.39, 0.29) is 11.1 Å². The molecule has 1 heterocycles. The first kappa shape index (κ1) is 18.5. The number of aromatic nitrogens is 1. The molecule has 0 fully saturated rings. The number of carbonyl (C=O) groups excluding carboxylic acids is 1. The van der Waals surface area contributed by atoms with Crippen molar-refractivity contribution in [2.45, 2.75) is 13.0 Å². The highest BCUT2D eigenvalue weighted by atomic mass is 16.5. The summed E-state index contributed by atoms with van der Waals surface area (Å²) in [5.74, 6) is 0.160.